The van der Waals surface area contributed by atoms with Crippen molar-refractivity contribution in [1.29, 1.82) is 0 Å². The quantitative estimate of drug-likeness (QED) is 0.600. The molecule has 1 fully saturated rings. The van der Waals surface area contributed by atoms with E-state index < -0.39 is 0 Å². The maximum Gasteiger partial charge on any atom is 0.241 e. The predicted molar refractivity (Wildman–Crippen MR) is 105 cm³/mol. The number of aryl methyl sites for hydroxylation is 1. The van der Waals surface area contributed by atoms with E-state index in [4.69, 9.17) is 0 Å². The number of aromatic nitrogens is 6. The number of anilines is 1. The smallest absolute Gasteiger partial charge is 0.241 e. The van der Waals surface area contributed by atoms with E-state index in [0.717, 1.165) is 40.5 Å². The Bertz CT molecular complexity index is 1120. The Kier molecular flexibility index (Phi) is 3.61. The van der Waals surface area contributed by atoms with E-state index in [0.29, 0.717) is 18.0 Å². The van der Waals surface area contributed by atoms with Gasteiger partial charge in [-0.05, 0) is 50.7 Å². The van der Waals surface area contributed by atoms with Crippen LogP contribution in [0.25, 0.3) is 27.7 Å². The highest BCUT2D eigenvalue weighted by atomic mass is 15.4. The van der Waals surface area contributed by atoms with Gasteiger partial charge in [-0.2, -0.15) is 0 Å². The van der Waals surface area contributed by atoms with Crippen molar-refractivity contribution in [3.8, 4) is 11.1 Å². The molecule has 1 aliphatic carbocycles. The molecule has 0 unspecified atom stereocenters. The van der Waals surface area contributed by atoms with Gasteiger partial charge in [0, 0.05) is 30.9 Å². The number of nitrogens with one attached hydrogen (secondary N) is 1. The fourth-order valence-corrected chi connectivity index (χ4v) is 3.72. The molecular weight excluding hydrogens is 340 g/mol. The first kappa shape index (κ1) is 16.2. The van der Waals surface area contributed by atoms with Crippen molar-refractivity contribution in [1.82, 2.24) is 34.5 Å². The van der Waals surface area contributed by atoms with Gasteiger partial charge in [0.05, 0.1) is 17.2 Å². The third-order valence-electron chi connectivity index (χ3n) is 5.52. The second-order valence-electron chi connectivity index (χ2n) is 7.49. The van der Waals surface area contributed by atoms with E-state index in [9.17, 15) is 0 Å². The highest BCUT2D eigenvalue weighted by Gasteiger charge is 2.30. The van der Waals surface area contributed by atoms with Crippen LogP contribution in [0, 0.1) is 0 Å². The van der Waals surface area contributed by atoms with Gasteiger partial charge in [-0.15, -0.1) is 10.2 Å². The molecule has 27 heavy (non-hydrogen) atoms. The zero-order valence-electron chi connectivity index (χ0n) is 15.7. The van der Waals surface area contributed by atoms with E-state index in [1.165, 1.54) is 0 Å². The summed E-state index contributed by atoms with van der Waals surface area (Å²) in [4.78, 5) is 6.81. The van der Waals surface area contributed by atoms with Crippen LogP contribution in [-0.2, 0) is 7.05 Å². The first-order valence-electron chi connectivity index (χ1n) is 9.15. The minimum absolute atomic E-state index is 0.449. The molecular formula is C19H22N8. The molecule has 0 atom stereocenters. The second-order valence-corrected chi connectivity index (χ2v) is 7.49. The first-order valence-corrected chi connectivity index (χ1v) is 9.15. The Morgan fingerprint density at radius 1 is 1.15 bits per heavy atom. The van der Waals surface area contributed by atoms with Crippen LogP contribution in [0.5, 0.6) is 0 Å². The van der Waals surface area contributed by atoms with Crippen LogP contribution in [0.3, 0.4) is 0 Å². The van der Waals surface area contributed by atoms with E-state index in [-0.39, 0.29) is 0 Å². The van der Waals surface area contributed by atoms with Crippen molar-refractivity contribution in [2.24, 2.45) is 7.05 Å². The van der Waals surface area contributed by atoms with Crippen LogP contribution in [0.2, 0.25) is 0 Å². The molecule has 0 saturated heterocycles. The maximum atomic E-state index is 4.63. The van der Waals surface area contributed by atoms with Crippen molar-refractivity contribution in [2.75, 3.05) is 19.4 Å². The van der Waals surface area contributed by atoms with Gasteiger partial charge < -0.3 is 10.2 Å². The number of fused-ring (bicyclic) bond motifs is 2. The molecule has 0 spiro atoms. The van der Waals surface area contributed by atoms with Crippen molar-refractivity contribution in [3.63, 3.8) is 0 Å². The van der Waals surface area contributed by atoms with Crippen LogP contribution in [0.4, 0.5) is 5.95 Å². The average molecular weight is 362 g/mol. The molecule has 8 nitrogen and oxygen atoms in total. The lowest BCUT2D eigenvalue weighted by Gasteiger charge is -2.39. The molecule has 0 aliphatic heterocycles. The molecule has 1 saturated carbocycles. The lowest BCUT2D eigenvalue weighted by Crippen LogP contribution is -2.47. The minimum atomic E-state index is 0.449. The molecule has 1 N–H and O–H groups in total. The number of benzene rings is 1. The Hall–Kier alpha value is -3.00. The largest absolute Gasteiger partial charge is 0.350 e. The first-order chi connectivity index (χ1) is 13.1. The van der Waals surface area contributed by atoms with Crippen LogP contribution in [0.1, 0.15) is 12.8 Å². The SMILES string of the molecule is Cn1nnc2ccc(-c3ccn4nc(N[C@H]5C[C@H](N(C)C)C5)ncc34)cc21. The van der Waals surface area contributed by atoms with E-state index in [1.807, 2.05) is 30.0 Å². The molecule has 0 bridgehead atoms. The monoisotopic (exact) mass is 362 g/mol. The van der Waals surface area contributed by atoms with Crippen molar-refractivity contribution in [3.05, 3.63) is 36.7 Å². The standard InChI is InChI=1S/C19H22N8/c1-25(2)14-9-13(10-14)21-19-20-11-18-15(6-7-27(18)23-19)12-4-5-16-17(8-12)26(3)24-22-16/h4-8,11,13-14H,9-10H2,1-3H3,(H,21,23)/t13-,14-. The summed E-state index contributed by atoms with van der Waals surface area (Å²) in [7, 11) is 6.16. The van der Waals surface area contributed by atoms with Crippen molar-refractivity contribution >= 4 is 22.5 Å². The maximum absolute atomic E-state index is 4.63. The molecule has 3 aromatic heterocycles. The van der Waals surface area contributed by atoms with Crippen LogP contribution < -0.4 is 5.32 Å². The van der Waals surface area contributed by atoms with Gasteiger partial charge in [-0.1, -0.05) is 11.3 Å². The minimum Gasteiger partial charge on any atom is -0.350 e. The van der Waals surface area contributed by atoms with Gasteiger partial charge in [0.2, 0.25) is 5.95 Å². The summed E-state index contributed by atoms with van der Waals surface area (Å²) in [6.07, 6.45) is 6.12. The topological polar surface area (TPSA) is 76.2 Å². The number of rotatable bonds is 4. The average Bonchev–Trinajstić information content (AvgIpc) is 3.20. The second kappa shape index (κ2) is 6.02. The van der Waals surface area contributed by atoms with E-state index >= 15 is 0 Å². The Morgan fingerprint density at radius 2 is 2.00 bits per heavy atom. The number of nitrogens with zero attached hydrogens (tertiary/aromatic N) is 7. The van der Waals surface area contributed by atoms with Crippen LogP contribution >= 0.6 is 0 Å². The normalized spacial score (nSPS) is 19.7. The number of hydrogen-bond acceptors (Lipinski definition) is 6. The summed E-state index contributed by atoms with van der Waals surface area (Å²) in [5, 5.41) is 16.3. The third kappa shape index (κ3) is 2.73. The Labute approximate surface area is 156 Å². The predicted octanol–water partition coefficient (Wildman–Crippen LogP) is 2.18. The zero-order valence-corrected chi connectivity index (χ0v) is 15.7. The van der Waals surface area contributed by atoms with Gasteiger partial charge in [0.1, 0.15) is 5.52 Å². The number of hydrogen-bond donors (Lipinski definition) is 1. The van der Waals surface area contributed by atoms with Crippen molar-refractivity contribution < 1.29 is 0 Å². The lowest BCUT2D eigenvalue weighted by molar-refractivity contribution is 0.177. The van der Waals surface area contributed by atoms with E-state index in [2.05, 4.69) is 62.9 Å². The molecule has 4 aromatic rings. The van der Waals surface area contributed by atoms with Gasteiger partial charge >= 0.3 is 0 Å². The lowest BCUT2D eigenvalue weighted by atomic mass is 9.86. The van der Waals surface area contributed by atoms with Crippen LogP contribution in [0.15, 0.2) is 36.7 Å². The Balaban J connectivity index is 1.42. The van der Waals surface area contributed by atoms with E-state index in [1.54, 1.807) is 4.68 Å². The van der Waals surface area contributed by atoms with Gasteiger partial charge in [0.15, 0.2) is 0 Å². The fraction of sp³-hybridized carbons (Fsp3) is 0.368. The third-order valence-corrected chi connectivity index (χ3v) is 5.52. The van der Waals surface area contributed by atoms with Gasteiger partial charge in [-0.25, -0.2) is 14.2 Å². The summed E-state index contributed by atoms with van der Waals surface area (Å²) in [6.45, 7) is 0. The molecule has 0 radical (unpaired) electrons. The molecule has 5 rings (SSSR count). The summed E-state index contributed by atoms with van der Waals surface area (Å²) in [5.41, 5.74) is 5.08. The fourth-order valence-electron chi connectivity index (χ4n) is 3.72. The molecule has 0 amide bonds. The molecule has 3 heterocycles. The van der Waals surface area contributed by atoms with Gasteiger partial charge in [-0.3, -0.25) is 0 Å². The summed E-state index contributed by atoms with van der Waals surface area (Å²) < 4.78 is 3.67. The van der Waals surface area contributed by atoms with Gasteiger partial charge in [0.25, 0.3) is 0 Å². The summed E-state index contributed by atoms with van der Waals surface area (Å²) in [5.74, 6) is 0.679. The van der Waals surface area contributed by atoms with Crippen molar-refractivity contribution in [2.45, 2.75) is 24.9 Å². The van der Waals surface area contributed by atoms with Crippen LogP contribution in [-0.4, -0.2) is 60.7 Å². The molecule has 1 aliphatic rings. The molecule has 138 valence electrons. The Morgan fingerprint density at radius 3 is 2.81 bits per heavy atom. The molecule has 1 aromatic carbocycles. The summed E-state index contributed by atoms with van der Waals surface area (Å²) in [6, 6.07) is 9.34. The summed E-state index contributed by atoms with van der Waals surface area (Å²) >= 11 is 0. The molecule has 8 heteroatoms. The highest BCUT2D eigenvalue weighted by molar-refractivity contribution is 5.87. The zero-order chi connectivity index (χ0) is 18.5. The highest BCUT2D eigenvalue weighted by Crippen LogP contribution is 2.29.